The highest BCUT2D eigenvalue weighted by Gasteiger charge is 2.57. The lowest BCUT2D eigenvalue weighted by Gasteiger charge is -2.59. The Bertz CT molecular complexity index is 771. The summed E-state index contributed by atoms with van der Waals surface area (Å²) in [5, 5.41) is 6.19. The minimum Gasteiger partial charge on any atom is -0.352 e. The average Bonchev–Trinajstić information content (AvgIpc) is 2.82. The molecule has 1 spiro atoms. The van der Waals surface area contributed by atoms with Gasteiger partial charge in [-0.3, -0.25) is 14.5 Å². The lowest BCUT2D eigenvalue weighted by molar-refractivity contribution is -0.138. The molecule has 6 fully saturated rings. The Hall–Kier alpha value is -1.59. The molecule has 0 radical (unpaired) electrons. The summed E-state index contributed by atoms with van der Waals surface area (Å²) in [6.45, 7) is 8.44. The van der Waals surface area contributed by atoms with E-state index < -0.39 is 11.6 Å². The Kier molecular flexibility index (Phi) is 4.77. The molecule has 0 aromatic carbocycles. The van der Waals surface area contributed by atoms with Crippen LogP contribution < -0.4 is 10.6 Å². The Morgan fingerprint density at radius 1 is 1.06 bits per heavy atom. The quantitative estimate of drug-likeness (QED) is 0.667. The van der Waals surface area contributed by atoms with Crippen molar-refractivity contribution in [2.45, 2.75) is 97.1 Å². The predicted octanol–water partition coefficient (Wildman–Crippen LogP) is 3.84. The van der Waals surface area contributed by atoms with Gasteiger partial charge in [0.2, 0.25) is 5.91 Å². The fourth-order valence-corrected chi connectivity index (χ4v) is 8.94. The summed E-state index contributed by atoms with van der Waals surface area (Å²) >= 11 is 0. The van der Waals surface area contributed by atoms with Crippen molar-refractivity contribution in [3.8, 4) is 0 Å². The topological polar surface area (TPSA) is 78.5 Å². The molecule has 3 atom stereocenters. The van der Waals surface area contributed by atoms with Crippen molar-refractivity contribution in [1.82, 2.24) is 15.5 Å². The van der Waals surface area contributed by atoms with Crippen LogP contribution in [0.5, 0.6) is 0 Å². The van der Waals surface area contributed by atoms with Crippen LogP contribution in [0.4, 0.5) is 4.79 Å². The van der Waals surface area contributed by atoms with Gasteiger partial charge in [-0.05, 0) is 99.2 Å². The molecule has 5 saturated carbocycles. The molecule has 4 bridgehead atoms. The molecular weight excluding hydrogens is 390 g/mol. The van der Waals surface area contributed by atoms with Gasteiger partial charge in [-0.2, -0.15) is 0 Å². The lowest BCUT2D eigenvalue weighted by atomic mass is 9.48. The molecule has 1 aliphatic heterocycles. The first kappa shape index (κ1) is 21.3. The zero-order valence-electron chi connectivity index (χ0n) is 19.6. The number of hydrogen-bond acceptors (Lipinski definition) is 3. The number of imide groups is 1. The number of hydrogen-bond donors (Lipinski definition) is 2. The molecule has 1 heterocycles. The van der Waals surface area contributed by atoms with Crippen LogP contribution in [-0.4, -0.2) is 40.9 Å². The summed E-state index contributed by atoms with van der Waals surface area (Å²) in [7, 11) is 0. The van der Waals surface area contributed by atoms with Crippen LogP contribution in [0.2, 0.25) is 0 Å². The highest BCUT2D eigenvalue weighted by atomic mass is 16.2. The van der Waals surface area contributed by atoms with Gasteiger partial charge in [-0.15, -0.1) is 0 Å². The second kappa shape index (κ2) is 6.95. The van der Waals surface area contributed by atoms with Crippen molar-refractivity contribution in [3.63, 3.8) is 0 Å². The maximum atomic E-state index is 13.3. The van der Waals surface area contributed by atoms with Crippen LogP contribution in [0.15, 0.2) is 0 Å². The lowest BCUT2D eigenvalue weighted by Crippen LogP contribution is -2.57. The summed E-state index contributed by atoms with van der Waals surface area (Å²) in [6.07, 6.45) is 10.1. The molecule has 4 amide bonds. The molecule has 6 aliphatic rings. The van der Waals surface area contributed by atoms with Gasteiger partial charge in [0.15, 0.2) is 0 Å². The van der Waals surface area contributed by atoms with Crippen LogP contribution in [0.1, 0.15) is 85.5 Å². The molecule has 5 aliphatic carbocycles. The monoisotopic (exact) mass is 429 g/mol. The average molecular weight is 430 g/mol. The standard InChI is InChI=1S/C25H39N3O3/c1-15-8-23(3,4)14-25(9-15)21(30)28(22(31)27-25)13-20(29)26-16(2)24-10-17-5-18(11-24)7-19(6-17)12-24/h15-19H,5-14H2,1-4H3,(H,26,29)(H,27,31)/t15-,16-,17?,18?,19?,24?,25+/m0/s1. The minimum absolute atomic E-state index is 0.00804. The highest BCUT2D eigenvalue weighted by molar-refractivity contribution is 6.09. The number of amides is 4. The van der Waals surface area contributed by atoms with E-state index in [1.807, 2.05) is 0 Å². The van der Waals surface area contributed by atoms with Gasteiger partial charge in [0.05, 0.1) is 0 Å². The fraction of sp³-hybridized carbons (Fsp3) is 0.880. The third-order valence-corrected chi connectivity index (χ3v) is 9.31. The van der Waals surface area contributed by atoms with E-state index in [1.54, 1.807) is 0 Å². The summed E-state index contributed by atoms with van der Waals surface area (Å²) in [5.74, 6) is 2.42. The van der Waals surface area contributed by atoms with Gasteiger partial charge < -0.3 is 10.6 Å². The first-order chi connectivity index (χ1) is 14.5. The predicted molar refractivity (Wildman–Crippen MR) is 118 cm³/mol. The van der Waals surface area contributed by atoms with E-state index in [9.17, 15) is 14.4 Å². The summed E-state index contributed by atoms with van der Waals surface area (Å²) in [4.78, 5) is 40.2. The molecule has 2 N–H and O–H groups in total. The van der Waals surface area contributed by atoms with E-state index >= 15 is 0 Å². The van der Waals surface area contributed by atoms with Crippen LogP contribution >= 0.6 is 0 Å². The Morgan fingerprint density at radius 2 is 1.65 bits per heavy atom. The van der Waals surface area contributed by atoms with Crippen LogP contribution in [0, 0.1) is 34.5 Å². The zero-order valence-corrected chi connectivity index (χ0v) is 19.6. The van der Waals surface area contributed by atoms with Gasteiger partial charge in [0.25, 0.3) is 5.91 Å². The fourth-order valence-electron chi connectivity index (χ4n) is 8.94. The number of carbonyl (C=O) groups excluding carboxylic acids is 3. The van der Waals surface area contributed by atoms with Crippen molar-refractivity contribution >= 4 is 17.8 Å². The van der Waals surface area contributed by atoms with E-state index in [2.05, 4.69) is 38.3 Å². The third kappa shape index (κ3) is 3.58. The zero-order chi connectivity index (χ0) is 22.2. The molecule has 1 saturated heterocycles. The summed E-state index contributed by atoms with van der Waals surface area (Å²) in [5.41, 5.74) is -0.637. The van der Waals surface area contributed by atoms with Gasteiger partial charge in [-0.1, -0.05) is 20.8 Å². The second-order valence-electron chi connectivity index (χ2n) is 12.8. The van der Waals surface area contributed by atoms with Gasteiger partial charge in [-0.25, -0.2) is 4.79 Å². The minimum atomic E-state index is -0.843. The van der Waals surface area contributed by atoms with Gasteiger partial charge in [0.1, 0.15) is 12.1 Å². The van der Waals surface area contributed by atoms with E-state index in [-0.39, 0.29) is 35.2 Å². The first-order valence-corrected chi connectivity index (χ1v) is 12.4. The number of nitrogens with one attached hydrogen (secondary N) is 2. The molecule has 6 heteroatoms. The third-order valence-electron chi connectivity index (χ3n) is 9.31. The molecule has 31 heavy (non-hydrogen) atoms. The molecule has 6 nitrogen and oxygen atoms in total. The van der Waals surface area contributed by atoms with Crippen molar-refractivity contribution in [1.29, 1.82) is 0 Å². The van der Waals surface area contributed by atoms with Crippen molar-refractivity contribution in [3.05, 3.63) is 0 Å². The van der Waals surface area contributed by atoms with Crippen molar-refractivity contribution in [2.24, 2.45) is 34.5 Å². The Labute approximate surface area is 186 Å². The first-order valence-electron chi connectivity index (χ1n) is 12.4. The summed E-state index contributed by atoms with van der Waals surface area (Å²) < 4.78 is 0. The van der Waals surface area contributed by atoms with Crippen LogP contribution in [0.25, 0.3) is 0 Å². The van der Waals surface area contributed by atoms with Gasteiger partial charge >= 0.3 is 6.03 Å². The molecule has 0 aromatic rings. The van der Waals surface area contributed by atoms with Crippen molar-refractivity contribution in [2.75, 3.05) is 6.54 Å². The van der Waals surface area contributed by atoms with Crippen molar-refractivity contribution < 1.29 is 14.4 Å². The molecule has 0 unspecified atom stereocenters. The number of carbonyl (C=O) groups is 3. The molecule has 172 valence electrons. The number of rotatable bonds is 4. The molecule has 6 rings (SSSR count). The maximum absolute atomic E-state index is 13.3. The molecule has 0 aromatic heterocycles. The SMILES string of the molecule is C[C@H]1CC(C)(C)C[C@@]2(C1)NC(=O)N(CC(=O)N[C@@H](C)C13CC4CC(CC(C4)C1)C3)C2=O. The smallest absolute Gasteiger partial charge is 0.325 e. The highest BCUT2D eigenvalue weighted by Crippen LogP contribution is 2.61. The second-order valence-corrected chi connectivity index (χ2v) is 12.8. The Balaban J connectivity index is 1.25. The summed E-state index contributed by atoms with van der Waals surface area (Å²) in [6, 6.07) is -0.315. The Morgan fingerprint density at radius 3 is 2.19 bits per heavy atom. The molecular formula is C25H39N3O3. The normalized spacial score (nSPS) is 43.9. The van der Waals surface area contributed by atoms with E-state index in [4.69, 9.17) is 0 Å². The number of nitrogens with zero attached hydrogens (tertiary/aromatic N) is 1. The number of urea groups is 1. The van der Waals surface area contributed by atoms with Gasteiger partial charge in [0, 0.05) is 6.04 Å². The largest absolute Gasteiger partial charge is 0.352 e. The van der Waals surface area contributed by atoms with E-state index in [1.165, 1.54) is 38.5 Å². The maximum Gasteiger partial charge on any atom is 0.325 e. The van der Waals surface area contributed by atoms with E-state index in [0.717, 1.165) is 29.1 Å². The van der Waals surface area contributed by atoms with Crippen LogP contribution in [0.3, 0.4) is 0 Å². The van der Waals surface area contributed by atoms with Crippen LogP contribution in [-0.2, 0) is 9.59 Å². The van der Waals surface area contributed by atoms with E-state index in [0.29, 0.717) is 18.8 Å².